The lowest BCUT2D eigenvalue weighted by atomic mass is 9.86. The van der Waals surface area contributed by atoms with Crippen molar-refractivity contribution in [3.8, 4) is 5.75 Å². The van der Waals surface area contributed by atoms with E-state index in [-0.39, 0.29) is 36.2 Å². The second-order valence-electron chi connectivity index (χ2n) is 10.7. The smallest absolute Gasteiger partial charge is 0.416 e. The monoisotopic (exact) mass is 640 g/mol. The molecule has 1 saturated heterocycles. The number of piperidine rings is 1. The van der Waals surface area contributed by atoms with Crippen molar-refractivity contribution < 1.29 is 50.9 Å². The van der Waals surface area contributed by atoms with Gasteiger partial charge in [0.15, 0.2) is 12.4 Å². The first kappa shape index (κ1) is 33.3. The number of anilines is 1. The van der Waals surface area contributed by atoms with E-state index in [0.717, 1.165) is 18.0 Å². The molecule has 242 valence electrons. The number of rotatable bonds is 10. The number of likely N-dealkylation sites (tertiary alicyclic amines) is 1. The van der Waals surface area contributed by atoms with Gasteiger partial charge >= 0.3 is 24.4 Å². The van der Waals surface area contributed by atoms with Crippen LogP contribution in [-0.2, 0) is 30.1 Å². The topological polar surface area (TPSA) is 116 Å². The third kappa shape index (κ3) is 8.54. The summed E-state index contributed by atoms with van der Waals surface area (Å²) >= 11 is 0. The minimum Gasteiger partial charge on any atom is -0.479 e. The van der Waals surface area contributed by atoms with Crippen molar-refractivity contribution in [3.05, 3.63) is 83.2 Å². The van der Waals surface area contributed by atoms with E-state index in [9.17, 15) is 41.0 Å². The molecule has 45 heavy (non-hydrogen) atoms. The van der Waals surface area contributed by atoms with Gasteiger partial charge in [0.2, 0.25) is 5.95 Å². The van der Waals surface area contributed by atoms with Gasteiger partial charge in [-0.15, -0.1) is 0 Å². The van der Waals surface area contributed by atoms with Crippen molar-refractivity contribution >= 4 is 18.0 Å². The predicted octanol–water partition coefficient (Wildman–Crippen LogP) is 6.52. The maximum atomic E-state index is 13.7. The zero-order valence-corrected chi connectivity index (χ0v) is 23.9. The van der Waals surface area contributed by atoms with Gasteiger partial charge in [0.25, 0.3) is 0 Å². The summed E-state index contributed by atoms with van der Waals surface area (Å²) in [7, 11) is 0. The van der Waals surface area contributed by atoms with Crippen LogP contribution in [0.2, 0.25) is 0 Å². The van der Waals surface area contributed by atoms with Crippen LogP contribution in [0.1, 0.15) is 48.4 Å². The second-order valence-corrected chi connectivity index (χ2v) is 10.7. The van der Waals surface area contributed by atoms with E-state index < -0.39 is 66.8 Å². The Labute approximate surface area is 254 Å². The van der Waals surface area contributed by atoms with Crippen molar-refractivity contribution in [2.45, 2.75) is 69.6 Å². The van der Waals surface area contributed by atoms with E-state index in [1.807, 2.05) is 18.2 Å². The maximum Gasteiger partial charge on any atom is 0.416 e. The molecule has 4 rings (SSSR count). The molecule has 1 aliphatic rings. The number of halogens is 6. The van der Waals surface area contributed by atoms with Crippen LogP contribution in [0.15, 0.2) is 60.9 Å². The van der Waals surface area contributed by atoms with Crippen molar-refractivity contribution in [2.24, 2.45) is 0 Å². The minimum atomic E-state index is -5.05. The number of carboxylic acid groups (broad SMARTS) is 2. The quantitative estimate of drug-likeness (QED) is 0.241. The number of aliphatic carboxylic acids is 1. The Morgan fingerprint density at radius 2 is 1.49 bits per heavy atom. The third-order valence-electron chi connectivity index (χ3n) is 7.56. The molecule has 0 saturated carbocycles. The number of carbonyl (C=O) groups is 2. The molecule has 9 nitrogen and oxygen atoms in total. The summed E-state index contributed by atoms with van der Waals surface area (Å²) in [5, 5.41) is 19.0. The number of amides is 1. The number of hydrogen-bond acceptors (Lipinski definition) is 6. The molecule has 1 aliphatic heterocycles. The number of aromatic nitrogens is 2. The molecule has 0 bridgehead atoms. The van der Waals surface area contributed by atoms with E-state index in [4.69, 9.17) is 9.84 Å². The number of hydrogen-bond donors (Lipinski definition) is 2. The largest absolute Gasteiger partial charge is 0.479 e. The van der Waals surface area contributed by atoms with Crippen molar-refractivity contribution in [2.75, 3.05) is 11.5 Å². The summed E-state index contributed by atoms with van der Waals surface area (Å²) in [6, 6.07) is 8.70. The lowest BCUT2D eigenvalue weighted by Crippen LogP contribution is -2.57. The van der Waals surface area contributed by atoms with Crippen molar-refractivity contribution in [1.82, 2.24) is 14.9 Å². The molecular weight excluding hydrogens is 610 g/mol. The Morgan fingerprint density at radius 1 is 0.911 bits per heavy atom. The first-order chi connectivity index (χ1) is 21.2. The van der Waals surface area contributed by atoms with Crippen LogP contribution in [0, 0.1) is 0 Å². The molecule has 0 radical (unpaired) electrons. The fraction of sp³-hybridized carbons (Fsp3) is 0.400. The Morgan fingerprint density at radius 3 is 2.00 bits per heavy atom. The lowest BCUT2D eigenvalue weighted by molar-refractivity contribution is -0.143. The lowest BCUT2D eigenvalue weighted by Gasteiger charge is -2.47. The Bertz CT molecular complexity index is 1440. The number of carboxylic acids is 1. The third-order valence-corrected chi connectivity index (χ3v) is 7.56. The first-order valence-electron chi connectivity index (χ1n) is 13.9. The van der Waals surface area contributed by atoms with Gasteiger partial charge in [0.05, 0.1) is 23.5 Å². The van der Waals surface area contributed by atoms with Gasteiger partial charge in [-0.05, 0) is 55.0 Å². The Balaban J connectivity index is 1.77. The molecule has 3 aromatic rings. The van der Waals surface area contributed by atoms with Gasteiger partial charge in [0, 0.05) is 24.7 Å². The van der Waals surface area contributed by atoms with Gasteiger partial charge < -0.3 is 24.7 Å². The summed E-state index contributed by atoms with van der Waals surface area (Å²) < 4.78 is 87.1. The SMILES string of the molecule is CCC1CC(N(Cc2cc(C(F)(F)F)cc(C(F)(F)F)c2)c2ncc(OCC(=O)O)cn2)CC(Cc2ccccc2)N1C(=O)O. The van der Waals surface area contributed by atoms with Crippen LogP contribution >= 0.6 is 0 Å². The normalized spacial score (nSPS) is 18.8. The predicted molar refractivity (Wildman–Crippen MR) is 149 cm³/mol. The van der Waals surface area contributed by atoms with Gasteiger partial charge in [-0.25, -0.2) is 19.6 Å². The molecule has 1 fully saturated rings. The van der Waals surface area contributed by atoms with E-state index >= 15 is 0 Å². The highest BCUT2D eigenvalue weighted by molar-refractivity contribution is 5.68. The van der Waals surface area contributed by atoms with Crippen LogP contribution in [0.25, 0.3) is 0 Å². The first-order valence-corrected chi connectivity index (χ1v) is 13.9. The minimum absolute atomic E-state index is 0.0198. The van der Waals surface area contributed by atoms with Gasteiger partial charge in [-0.2, -0.15) is 26.3 Å². The number of nitrogens with zero attached hydrogens (tertiary/aromatic N) is 4. The fourth-order valence-corrected chi connectivity index (χ4v) is 5.60. The second kappa shape index (κ2) is 13.6. The summed E-state index contributed by atoms with van der Waals surface area (Å²) in [5.74, 6) is -1.34. The summed E-state index contributed by atoms with van der Waals surface area (Å²) in [6.07, 6.45) is -7.87. The summed E-state index contributed by atoms with van der Waals surface area (Å²) in [4.78, 5) is 34.5. The number of benzene rings is 2. The molecule has 1 amide bonds. The van der Waals surface area contributed by atoms with Crippen molar-refractivity contribution in [1.29, 1.82) is 0 Å². The molecule has 15 heteroatoms. The zero-order valence-electron chi connectivity index (χ0n) is 23.9. The van der Waals surface area contributed by atoms with Crippen LogP contribution < -0.4 is 9.64 Å². The van der Waals surface area contributed by atoms with Gasteiger partial charge in [0.1, 0.15) is 0 Å². The number of alkyl halides is 6. The van der Waals surface area contributed by atoms with E-state index in [1.54, 1.807) is 19.1 Å². The number of ether oxygens (including phenoxy) is 1. The molecule has 2 aromatic carbocycles. The molecule has 0 spiro atoms. The Hall–Kier alpha value is -4.56. The van der Waals surface area contributed by atoms with Crippen LogP contribution in [0.3, 0.4) is 0 Å². The average Bonchev–Trinajstić information content (AvgIpc) is 2.98. The van der Waals surface area contributed by atoms with Crippen LogP contribution in [0.5, 0.6) is 5.75 Å². The van der Waals surface area contributed by atoms with Crippen LogP contribution in [0.4, 0.5) is 37.1 Å². The van der Waals surface area contributed by atoms with E-state index in [2.05, 4.69) is 9.97 Å². The fourth-order valence-electron chi connectivity index (χ4n) is 5.60. The Kier molecular flexibility index (Phi) is 10.1. The molecule has 1 aromatic heterocycles. The van der Waals surface area contributed by atoms with E-state index in [0.29, 0.717) is 25.0 Å². The molecule has 2 heterocycles. The summed E-state index contributed by atoms with van der Waals surface area (Å²) in [6.45, 7) is 0.638. The molecular formula is C30H30F6N4O5. The highest BCUT2D eigenvalue weighted by Crippen LogP contribution is 2.38. The molecule has 2 N–H and O–H groups in total. The standard InChI is InChI=1S/C30H30F6N4O5/c1-2-22-12-23(13-24(40(22)28(43)44)10-18-6-4-3-5-7-18)39(27-37-14-25(15-38-27)45-17-26(41)42)16-19-8-20(29(31,32)33)11-21(9-19)30(34,35)36/h3-9,11,14-15,22-24H,2,10,12-13,16-17H2,1H3,(H,41,42)(H,43,44). The molecule has 3 unspecified atom stereocenters. The highest BCUT2D eigenvalue weighted by Gasteiger charge is 2.41. The van der Waals surface area contributed by atoms with E-state index in [1.165, 1.54) is 9.80 Å². The van der Waals surface area contributed by atoms with Gasteiger partial charge in [-0.3, -0.25) is 0 Å². The summed E-state index contributed by atoms with van der Waals surface area (Å²) in [5.41, 5.74) is -2.40. The molecule has 0 aliphatic carbocycles. The highest BCUT2D eigenvalue weighted by atomic mass is 19.4. The average molecular weight is 641 g/mol. The maximum absolute atomic E-state index is 13.7. The molecule has 3 atom stereocenters. The van der Waals surface area contributed by atoms with Crippen molar-refractivity contribution in [3.63, 3.8) is 0 Å². The van der Waals surface area contributed by atoms with Gasteiger partial charge in [-0.1, -0.05) is 37.3 Å². The zero-order chi connectivity index (χ0) is 32.9. The van der Waals surface area contributed by atoms with Crippen LogP contribution in [-0.4, -0.2) is 61.9 Å².